The molecule has 0 saturated carbocycles. The Morgan fingerprint density at radius 1 is 1.11 bits per heavy atom. The molecule has 2 N–H and O–H groups in total. The Morgan fingerprint density at radius 2 is 1.83 bits per heavy atom. The minimum Gasteiger partial charge on any atom is -0.327 e. The van der Waals surface area contributed by atoms with Crippen molar-refractivity contribution in [3.63, 3.8) is 0 Å². The average Bonchev–Trinajstić information content (AvgIpc) is 2.40. The maximum atomic E-state index is 6.19. The van der Waals surface area contributed by atoms with Crippen molar-refractivity contribution in [1.82, 2.24) is 4.98 Å². The second-order valence-corrected chi connectivity index (χ2v) is 5.30. The van der Waals surface area contributed by atoms with Gasteiger partial charge in [-0.3, -0.25) is 4.98 Å². The summed E-state index contributed by atoms with van der Waals surface area (Å²) in [6.45, 7) is 0. The molecule has 1 aromatic heterocycles. The highest BCUT2D eigenvalue weighted by atomic mass is 79.9. The molecule has 0 aliphatic carbocycles. The largest absolute Gasteiger partial charge is 0.327 e. The van der Waals surface area contributed by atoms with Gasteiger partial charge >= 0.3 is 0 Å². The van der Waals surface area contributed by atoms with Gasteiger partial charge in [0, 0.05) is 22.9 Å². The Balaban J connectivity index is 1.86. The maximum Gasteiger partial charge on any atom is 0.0270 e. The van der Waals surface area contributed by atoms with Gasteiger partial charge in [0.2, 0.25) is 0 Å². The number of aromatic nitrogens is 1. The van der Waals surface area contributed by atoms with Gasteiger partial charge in [-0.25, -0.2) is 0 Å². The van der Waals surface area contributed by atoms with E-state index in [1.165, 1.54) is 11.1 Å². The monoisotopic (exact) mass is 304 g/mol. The zero-order valence-corrected chi connectivity index (χ0v) is 11.8. The van der Waals surface area contributed by atoms with Crippen molar-refractivity contribution in [2.45, 2.75) is 25.3 Å². The summed E-state index contributed by atoms with van der Waals surface area (Å²) in [5.74, 6) is 0. The van der Waals surface area contributed by atoms with Crippen molar-refractivity contribution >= 4 is 15.9 Å². The van der Waals surface area contributed by atoms with Crippen molar-refractivity contribution in [1.29, 1.82) is 0 Å². The van der Waals surface area contributed by atoms with Gasteiger partial charge in [-0.05, 0) is 48.6 Å². The van der Waals surface area contributed by atoms with Gasteiger partial charge in [0.15, 0.2) is 0 Å². The third-order valence-electron chi connectivity index (χ3n) is 2.99. The van der Waals surface area contributed by atoms with Gasteiger partial charge in [0.05, 0.1) is 0 Å². The van der Waals surface area contributed by atoms with E-state index in [-0.39, 0.29) is 6.04 Å². The Morgan fingerprint density at radius 3 is 2.56 bits per heavy atom. The molecular weight excluding hydrogens is 288 g/mol. The lowest BCUT2D eigenvalue weighted by Gasteiger charge is -2.12. The van der Waals surface area contributed by atoms with Crippen LogP contribution in [0, 0.1) is 0 Å². The summed E-state index contributed by atoms with van der Waals surface area (Å²) >= 11 is 3.56. The van der Waals surface area contributed by atoms with Crippen LogP contribution < -0.4 is 5.73 Å². The predicted molar refractivity (Wildman–Crippen MR) is 78.4 cm³/mol. The zero-order valence-electron chi connectivity index (χ0n) is 10.2. The molecule has 0 aliphatic heterocycles. The summed E-state index contributed by atoms with van der Waals surface area (Å²) in [7, 11) is 0. The van der Waals surface area contributed by atoms with Crippen LogP contribution in [0.3, 0.4) is 0 Å². The van der Waals surface area contributed by atoms with Crippen LogP contribution in [-0.2, 0) is 12.8 Å². The van der Waals surface area contributed by atoms with E-state index in [2.05, 4.69) is 39.1 Å². The van der Waals surface area contributed by atoms with E-state index in [4.69, 9.17) is 5.73 Å². The Hall–Kier alpha value is -1.19. The lowest BCUT2D eigenvalue weighted by atomic mass is 10.0. The molecule has 0 saturated heterocycles. The molecule has 1 atom stereocenters. The first kappa shape index (κ1) is 13.2. The van der Waals surface area contributed by atoms with Crippen molar-refractivity contribution in [3.8, 4) is 0 Å². The van der Waals surface area contributed by atoms with E-state index in [1.807, 2.05) is 30.6 Å². The average molecular weight is 305 g/mol. The van der Waals surface area contributed by atoms with Gasteiger partial charge in [-0.15, -0.1) is 0 Å². The van der Waals surface area contributed by atoms with Gasteiger partial charge < -0.3 is 5.73 Å². The summed E-state index contributed by atoms with van der Waals surface area (Å²) in [6.07, 6.45) is 6.56. The number of halogens is 1. The van der Waals surface area contributed by atoms with Crippen LogP contribution in [0.15, 0.2) is 53.3 Å². The molecule has 0 fully saturated rings. The highest BCUT2D eigenvalue weighted by Gasteiger charge is 2.07. The first-order chi connectivity index (χ1) is 8.75. The number of benzene rings is 1. The topological polar surface area (TPSA) is 38.9 Å². The van der Waals surface area contributed by atoms with E-state index >= 15 is 0 Å². The molecule has 0 spiro atoms. The first-order valence-corrected chi connectivity index (χ1v) is 6.93. The number of nitrogens with zero attached hydrogens (tertiary/aromatic N) is 1. The molecule has 0 radical (unpaired) electrons. The third kappa shape index (κ3) is 3.93. The third-order valence-corrected chi connectivity index (χ3v) is 3.77. The molecule has 0 bridgehead atoms. The highest BCUT2D eigenvalue weighted by molar-refractivity contribution is 9.10. The molecular formula is C15H17BrN2. The molecule has 2 aromatic rings. The SMILES string of the molecule is NC(CCc1ccncc1)Cc1ccccc1Br. The predicted octanol–water partition coefficient (Wildman–Crippen LogP) is 3.35. The summed E-state index contributed by atoms with van der Waals surface area (Å²) in [4.78, 5) is 4.01. The van der Waals surface area contributed by atoms with E-state index in [0.29, 0.717) is 0 Å². The van der Waals surface area contributed by atoms with E-state index in [1.54, 1.807) is 0 Å². The molecule has 1 aromatic carbocycles. The fourth-order valence-electron chi connectivity index (χ4n) is 1.95. The van der Waals surface area contributed by atoms with Gasteiger partial charge in [0.1, 0.15) is 0 Å². The fraction of sp³-hybridized carbons (Fsp3) is 0.267. The maximum absolute atomic E-state index is 6.19. The van der Waals surface area contributed by atoms with Crippen LogP contribution in [-0.4, -0.2) is 11.0 Å². The van der Waals surface area contributed by atoms with Gasteiger partial charge in [0.25, 0.3) is 0 Å². The van der Waals surface area contributed by atoms with Crippen LogP contribution in [0.5, 0.6) is 0 Å². The van der Waals surface area contributed by atoms with E-state index < -0.39 is 0 Å². The van der Waals surface area contributed by atoms with Crippen LogP contribution in [0.25, 0.3) is 0 Å². The smallest absolute Gasteiger partial charge is 0.0270 e. The Kier molecular flexibility index (Phi) is 4.90. The molecule has 0 amide bonds. The number of rotatable bonds is 5. The second-order valence-electron chi connectivity index (χ2n) is 4.45. The molecule has 1 unspecified atom stereocenters. The minimum atomic E-state index is 0.192. The van der Waals surface area contributed by atoms with Crippen LogP contribution in [0.2, 0.25) is 0 Å². The first-order valence-electron chi connectivity index (χ1n) is 6.13. The van der Waals surface area contributed by atoms with Crippen molar-refractivity contribution in [2.24, 2.45) is 5.73 Å². The normalized spacial score (nSPS) is 12.3. The molecule has 0 aliphatic rings. The molecule has 94 valence electrons. The van der Waals surface area contributed by atoms with Crippen LogP contribution >= 0.6 is 15.9 Å². The van der Waals surface area contributed by atoms with Gasteiger partial charge in [-0.1, -0.05) is 34.1 Å². The zero-order chi connectivity index (χ0) is 12.8. The van der Waals surface area contributed by atoms with Crippen LogP contribution in [0.1, 0.15) is 17.5 Å². The summed E-state index contributed by atoms with van der Waals surface area (Å²) in [5, 5.41) is 0. The molecule has 1 heterocycles. The molecule has 3 heteroatoms. The Bertz CT molecular complexity index is 485. The van der Waals surface area contributed by atoms with Gasteiger partial charge in [-0.2, -0.15) is 0 Å². The van der Waals surface area contributed by atoms with Crippen LogP contribution in [0.4, 0.5) is 0 Å². The van der Waals surface area contributed by atoms with E-state index in [9.17, 15) is 0 Å². The summed E-state index contributed by atoms with van der Waals surface area (Å²) in [5.41, 5.74) is 8.76. The molecule has 18 heavy (non-hydrogen) atoms. The molecule has 2 rings (SSSR count). The van der Waals surface area contributed by atoms with Crippen molar-refractivity contribution in [2.75, 3.05) is 0 Å². The van der Waals surface area contributed by atoms with Crippen molar-refractivity contribution < 1.29 is 0 Å². The number of nitrogens with two attached hydrogens (primary N) is 1. The number of hydrogen-bond acceptors (Lipinski definition) is 2. The number of aryl methyl sites for hydroxylation is 1. The number of hydrogen-bond donors (Lipinski definition) is 1. The van der Waals surface area contributed by atoms with E-state index in [0.717, 1.165) is 23.7 Å². The molecule has 2 nitrogen and oxygen atoms in total. The highest BCUT2D eigenvalue weighted by Crippen LogP contribution is 2.18. The lowest BCUT2D eigenvalue weighted by molar-refractivity contribution is 0.609. The fourth-order valence-corrected chi connectivity index (χ4v) is 2.40. The summed E-state index contributed by atoms with van der Waals surface area (Å²) < 4.78 is 1.14. The summed E-state index contributed by atoms with van der Waals surface area (Å²) in [6, 6.07) is 12.5. The number of pyridine rings is 1. The quantitative estimate of drug-likeness (QED) is 0.920. The lowest BCUT2D eigenvalue weighted by Crippen LogP contribution is -2.23. The Labute approximate surface area is 116 Å². The second kappa shape index (κ2) is 6.66. The minimum absolute atomic E-state index is 0.192. The standard InChI is InChI=1S/C15H17BrN2/c16-15-4-2-1-3-13(15)11-14(17)6-5-12-7-9-18-10-8-12/h1-4,7-10,14H,5-6,11,17H2. The van der Waals surface area contributed by atoms with Crippen molar-refractivity contribution in [3.05, 3.63) is 64.4 Å².